The van der Waals surface area contributed by atoms with Crippen LogP contribution in [-0.2, 0) is 0 Å². The van der Waals surface area contributed by atoms with Crippen molar-refractivity contribution in [3.05, 3.63) is 25.8 Å². The second-order valence-electron chi connectivity index (χ2n) is 4.55. The third-order valence-corrected chi connectivity index (χ3v) is 3.97. The maximum absolute atomic E-state index is 11.0. The summed E-state index contributed by atoms with van der Waals surface area (Å²) in [6, 6.07) is 2.58. The molecule has 0 saturated carbocycles. The van der Waals surface area contributed by atoms with Crippen molar-refractivity contribution in [2.75, 3.05) is 23.3 Å². The minimum Gasteiger partial charge on any atom is -0.465 e. The highest BCUT2D eigenvalue weighted by Gasteiger charge is 2.32. The monoisotopic (exact) mass is 409 g/mol. The number of benzene rings is 1. The lowest BCUT2D eigenvalue weighted by molar-refractivity contribution is -0.384. The number of hydrogen-bond acceptors (Lipinski definition) is 6. The van der Waals surface area contributed by atoms with Gasteiger partial charge in [0.1, 0.15) is 5.69 Å². The molecule has 1 amide bonds. The fraction of sp³-hybridized carbons (Fsp3) is 0.364. The van der Waals surface area contributed by atoms with Crippen LogP contribution < -0.4 is 10.2 Å². The molecular weight excluding hydrogens is 397 g/mol. The lowest BCUT2D eigenvalue weighted by Crippen LogP contribution is -2.22. The van der Waals surface area contributed by atoms with Crippen molar-refractivity contribution in [3.63, 3.8) is 0 Å². The van der Waals surface area contributed by atoms with Crippen molar-refractivity contribution in [2.45, 2.75) is 12.2 Å². The van der Waals surface area contributed by atoms with E-state index in [0.29, 0.717) is 9.26 Å². The van der Waals surface area contributed by atoms with E-state index in [0.717, 1.165) is 0 Å². The molecule has 9 nitrogen and oxygen atoms in total. The summed E-state index contributed by atoms with van der Waals surface area (Å²) in [5, 5.41) is 40.8. The van der Waals surface area contributed by atoms with Crippen molar-refractivity contribution in [1.29, 1.82) is 0 Å². The van der Waals surface area contributed by atoms with Crippen LogP contribution in [0.4, 0.5) is 21.9 Å². The summed E-state index contributed by atoms with van der Waals surface area (Å²) < 4.78 is 0.525. The first-order chi connectivity index (χ1) is 9.79. The van der Waals surface area contributed by atoms with Gasteiger partial charge in [0.25, 0.3) is 5.69 Å². The quantitative estimate of drug-likeness (QED) is 0.330. The molecule has 1 fully saturated rings. The number of nitro benzene ring substituents is 1. The molecule has 10 heteroatoms. The molecule has 21 heavy (non-hydrogen) atoms. The molecular formula is C11H12IN3O6. The number of amides is 1. The summed E-state index contributed by atoms with van der Waals surface area (Å²) in [5.41, 5.74) is 0.00481. The molecule has 4 N–H and O–H groups in total. The number of hydrogen-bond donors (Lipinski definition) is 4. The molecule has 0 radical (unpaired) electrons. The average Bonchev–Trinajstić information content (AvgIpc) is 2.70. The number of aliphatic hydroxyl groups excluding tert-OH is 2. The first-order valence-corrected chi connectivity index (χ1v) is 6.96. The number of nitrogens with zero attached hydrogens (tertiary/aromatic N) is 2. The topological polar surface area (TPSA) is 136 Å². The number of carbonyl (C=O) groups is 1. The van der Waals surface area contributed by atoms with Gasteiger partial charge in [0, 0.05) is 22.7 Å². The standard InChI is InChI=1S/C11H12IN3O6/c12-5-1-8(15(20)21)6(13-11(18)19)2-7(5)14-3-9(16)10(17)4-14/h1-2,9-10,13,16-17H,3-4H2,(H,18,19)/t9-,10+. The van der Waals surface area contributed by atoms with Crippen molar-refractivity contribution in [1.82, 2.24) is 0 Å². The van der Waals surface area contributed by atoms with E-state index in [1.54, 1.807) is 4.90 Å². The Kier molecular flexibility index (Phi) is 4.49. The smallest absolute Gasteiger partial charge is 0.409 e. The number of anilines is 2. The highest BCUT2D eigenvalue weighted by Crippen LogP contribution is 2.35. The normalized spacial score (nSPS) is 21.4. The van der Waals surface area contributed by atoms with Crippen molar-refractivity contribution < 1.29 is 25.0 Å². The molecule has 0 unspecified atom stereocenters. The van der Waals surface area contributed by atoms with Gasteiger partial charge in [-0.25, -0.2) is 4.79 Å². The predicted octanol–water partition coefficient (Wildman–Crippen LogP) is 0.831. The Bertz CT molecular complexity index is 586. The van der Waals surface area contributed by atoms with Crippen LogP contribution in [0.2, 0.25) is 0 Å². The fourth-order valence-corrected chi connectivity index (χ4v) is 2.92. The van der Waals surface area contributed by atoms with E-state index < -0.39 is 23.2 Å². The van der Waals surface area contributed by atoms with Crippen LogP contribution in [0.1, 0.15) is 0 Å². The minimum atomic E-state index is -1.41. The number of nitrogens with one attached hydrogen (secondary N) is 1. The Morgan fingerprint density at radius 2 is 1.95 bits per heavy atom. The van der Waals surface area contributed by atoms with Gasteiger partial charge in [0.05, 0.1) is 22.8 Å². The van der Waals surface area contributed by atoms with Crippen molar-refractivity contribution in [3.8, 4) is 0 Å². The zero-order chi connectivity index (χ0) is 15.7. The van der Waals surface area contributed by atoms with Crippen molar-refractivity contribution in [2.24, 2.45) is 0 Å². The molecule has 1 aromatic carbocycles. The zero-order valence-electron chi connectivity index (χ0n) is 10.6. The van der Waals surface area contributed by atoms with Crippen LogP contribution in [0.5, 0.6) is 0 Å². The number of aliphatic hydroxyl groups is 2. The number of halogens is 1. The highest BCUT2D eigenvalue weighted by atomic mass is 127. The molecule has 1 aromatic rings. The molecule has 1 saturated heterocycles. The molecule has 1 aliphatic rings. The Morgan fingerprint density at radius 3 is 2.43 bits per heavy atom. The van der Waals surface area contributed by atoms with Crippen LogP contribution in [0.25, 0.3) is 0 Å². The second kappa shape index (κ2) is 5.99. The summed E-state index contributed by atoms with van der Waals surface area (Å²) >= 11 is 1.89. The summed E-state index contributed by atoms with van der Waals surface area (Å²) in [6.07, 6.45) is -3.23. The summed E-state index contributed by atoms with van der Waals surface area (Å²) in [6.45, 7) is 0.336. The lowest BCUT2D eigenvalue weighted by Gasteiger charge is -2.20. The summed E-state index contributed by atoms with van der Waals surface area (Å²) in [7, 11) is 0. The van der Waals surface area contributed by atoms with Crippen LogP contribution in [0, 0.1) is 13.7 Å². The van der Waals surface area contributed by atoms with Crippen LogP contribution in [-0.4, -0.2) is 51.6 Å². The van der Waals surface area contributed by atoms with Gasteiger partial charge in [-0.2, -0.15) is 0 Å². The largest absolute Gasteiger partial charge is 0.465 e. The Morgan fingerprint density at radius 1 is 1.38 bits per heavy atom. The van der Waals surface area contributed by atoms with E-state index in [1.807, 2.05) is 27.9 Å². The minimum absolute atomic E-state index is 0.154. The van der Waals surface area contributed by atoms with E-state index in [4.69, 9.17) is 5.11 Å². The van der Waals surface area contributed by atoms with Gasteiger partial charge in [0.15, 0.2) is 0 Å². The highest BCUT2D eigenvalue weighted by molar-refractivity contribution is 14.1. The number of nitro groups is 1. The van der Waals surface area contributed by atoms with E-state index in [1.165, 1.54) is 12.1 Å². The molecule has 1 heterocycles. The maximum atomic E-state index is 11.0. The van der Waals surface area contributed by atoms with Crippen LogP contribution in [0.3, 0.4) is 0 Å². The van der Waals surface area contributed by atoms with Crippen LogP contribution in [0.15, 0.2) is 12.1 Å². The van der Waals surface area contributed by atoms with Gasteiger partial charge in [-0.3, -0.25) is 15.4 Å². The van der Waals surface area contributed by atoms with Gasteiger partial charge in [0.2, 0.25) is 0 Å². The molecule has 2 atom stereocenters. The molecule has 1 aliphatic heterocycles. The van der Waals surface area contributed by atoms with Crippen molar-refractivity contribution >= 4 is 45.7 Å². The Hall–Kier alpha value is -1.66. The Balaban J connectivity index is 2.43. The van der Waals surface area contributed by atoms with E-state index in [2.05, 4.69) is 0 Å². The first-order valence-electron chi connectivity index (χ1n) is 5.88. The number of carboxylic acid groups (broad SMARTS) is 1. The van der Waals surface area contributed by atoms with Gasteiger partial charge in [-0.15, -0.1) is 0 Å². The van der Waals surface area contributed by atoms with Crippen LogP contribution >= 0.6 is 22.6 Å². The second-order valence-corrected chi connectivity index (χ2v) is 5.71. The SMILES string of the molecule is O=C(O)Nc1cc(N2C[C@@H](O)[C@@H](O)C2)c(I)cc1[N+](=O)[O-]. The van der Waals surface area contributed by atoms with Gasteiger partial charge >= 0.3 is 6.09 Å². The maximum Gasteiger partial charge on any atom is 0.409 e. The zero-order valence-corrected chi connectivity index (χ0v) is 12.7. The predicted molar refractivity (Wildman–Crippen MR) is 81.7 cm³/mol. The van der Waals surface area contributed by atoms with E-state index in [-0.39, 0.29) is 24.5 Å². The molecule has 0 spiro atoms. The molecule has 0 bridgehead atoms. The number of β-amino-alcohol motifs (C(OH)–C–C–N with tert-alkyl or cyclic N) is 2. The van der Waals surface area contributed by atoms with Gasteiger partial charge < -0.3 is 20.2 Å². The third kappa shape index (κ3) is 3.33. The molecule has 0 aromatic heterocycles. The van der Waals surface area contributed by atoms with E-state index >= 15 is 0 Å². The average molecular weight is 409 g/mol. The fourth-order valence-electron chi connectivity index (χ4n) is 2.13. The third-order valence-electron chi connectivity index (χ3n) is 3.10. The van der Waals surface area contributed by atoms with Gasteiger partial charge in [-0.05, 0) is 28.7 Å². The molecule has 2 rings (SSSR count). The Labute approximate surface area is 132 Å². The van der Waals surface area contributed by atoms with Gasteiger partial charge in [-0.1, -0.05) is 0 Å². The van der Waals surface area contributed by atoms with E-state index in [9.17, 15) is 25.1 Å². The summed E-state index contributed by atoms with van der Waals surface area (Å²) in [4.78, 5) is 22.7. The number of rotatable bonds is 3. The molecule has 0 aliphatic carbocycles. The first kappa shape index (κ1) is 15.7. The lowest BCUT2D eigenvalue weighted by atomic mass is 10.2. The summed E-state index contributed by atoms with van der Waals surface area (Å²) in [5.74, 6) is 0. The molecule has 114 valence electrons.